The molecule has 2 unspecified atom stereocenters. The molecule has 2 aliphatic carbocycles. The normalized spacial score (nSPS) is 41.9. The number of carbonyl (C=O) groups excluding carboxylic acids is 2. The highest BCUT2D eigenvalue weighted by atomic mass is 32.1. The maximum Gasteiger partial charge on any atom is 0.321 e. The molecular weight excluding hydrogens is 408 g/mol. The second-order valence-electron chi connectivity index (χ2n) is 10.5. The highest BCUT2D eigenvalue weighted by Crippen LogP contribution is 2.63. The molecule has 0 aromatic carbocycles. The highest BCUT2D eigenvalue weighted by molar-refractivity contribution is 7.13. The van der Waals surface area contributed by atoms with E-state index in [0.29, 0.717) is 28.8 Å². The Labute approximate surface area is 188 Å². The maximum absolute atomic E-state index is 12.3. The number of nitrogens with one attached hydrogen (secondary N) is 2. The lowest BCUT2D eigenvalue weighted by molar-refractivity contribution is -0.133. The second-order valence-corrected chi connectivity index (χ2v) is 11.4. The summed E-state index contributed by atoms with van der Waals surface area (Å²) in [5.74, 6) is 2.80. The van der Waals surface area contributed by atoms with E-state index in [1.807, 2.05) is 11.5 Å². The Kier molecular flexibility index (Phi) is 5.25. The fourth-order valence-corrected chi connectivity index (χ4v) is 8.14. The van der Waals surface area contributed by atoms with Crippen molar-refractivity contribution in [2.24, 2.45) is 29.1 Å². The van der Waals surface area contributed by atoms with E-state index >= 15 is 0 Å². The van der Waals surface area contributed by atoms with Crippen LogP contribution in [0.15, 0.2) is 23.7 Å². The van der Waals surface area contributed by atoms with Crippen LogP contribution in [0.1, 0.15) is 52.9 Å². The Morgan fingerprint density at radius 1 is 1.26 bits per heavy atom. The smallest absolute Gasteiger partial charge is 0.321 e. The quantitative estimate of drug-likeness (QED) is 0.731. The zero-order chi connectivity index (χ0) is 21.8. The topological polar surface area (TPSA) is 74.3 Å². The first-order chi connectivity index (χ1) is 14.8. The van der Waals surface area contributed by atoms with Crippen molar-refractivity contribution < 1.29 is 9.59 Å². The van der Waals surface area contributed by atoms with Crippen LogP contribution in [0.25, 0.3) is 0 Å². The predicted molar refractivity (Wildman–Crippen MR) is 123 cm³/mol. The van der Waals surface area contributed by atoms with Gasteiger partial charge in [-0.2, -0.15) is 0 Å². The number of ketones is 1. The molecule has 168 valence electrons. The lowest BCUT2D eigenvalue weighted by atomic mass is 9.52. The van der Waals surface area contributed by atoms with Crippen LogP contribution in [-0.4, -0.2) is 46.4 Å². The molecule has 3 heterocycles. The first-order valence-corrected chi connectivity index (χ1v) is 12.6. The lowest BCUT2D eigenvalue weighted by Gasteiger charge is -2.61. The molecule has 7 atom stereocenters. The van der Waals surface area contributed by atoms with Crippen LogP contribution in [0.3, 0.4) is 0 Å². The van der Waals surface area contributed by atoms with Crippen LogP contribution in [0.5, 0.6) is 0 Å². The summed E-state index contributed by atoms with van der Waals surface area (Å²) in [7, 11) is 0. The number of anilines is 1. The van der Waals surface area contributed by atoms with Gasteiger partial charge < -0.3 is 5.32 Å². The number of urea groups is 1. The molecule has 3 fully saturated rings. The summed E-state index contributed by atoms with van der Waals surface area (Å²) < 4.78 is 0. The molecule has 2 saturated carbocycles. The second kappa shape index (κ2) is 7.69. The average molecular weight is 443 g/mol. The number of rotatable bonds is 3. The number of amides is 2. The number of thiazole rings is 1. The molecule has 1 aromatic heterocycles. The van der Waals surface area contributed by atoms with Crippen molar-refractivity contribution >= 4 is 28.3 Å². The van der Waals surface area contributed by atoms with Crippen molar-refractivity contribution in [3.63, 3.8) is 0 Å². The molecule has 0 radical (unpaired) electrons. The number of carbonyl (C=O) groups is 2. The van der Waals surface area contributed by atoms with Crippen LogP contribution in [0.2, 0.25) is 0 Å². The monoisotopic (exact) mass is 442 g/mol. The molecule has 1 aromatic rings. The van der Waals surface area contributed by atoms with Gasteiger partial charge in [0.2, 0.25) is 0 Å². The molecular formula is C24H34N4O2S. The Hall–Kier alpha value is -1.73. The Bertz CT molecular complexity index is 886. The highest BCUT2D eigenvalue weighted by Gasteiger charge is 2.59. The predicted octanol–water partition coefficient (Wildman–Crippen LogP) is 4.32. The van der Waals surface area contributed by atoms with Gasteiger partial charge in [0, 0.05) is 30.2 Å². The summed E-state index contributed by atoms with van der Waals surface area (Å²) >= 11 is 1.43. The van der Waals surface area contributed by atoms with Gasteiger partial charge in [-0.25, -0.2) is 9.78 Å². The molecule has 0 bridgehead atoms. The fourth-order valence-electron chi connectivity index (χ4n) is 7.62. The zero-order valence-electron chi connectivity index (χ0n) is 18.8. The van der Waals surface area contributed by atoms with Gasteiger partial charge in [-0.3, -0.25) is 15.0 Å². The Balaban J connectivity index is 1.28. The third-order valence-corrected chi connectivity index (χ3v) is 10.0. The summed E-state index contributed by atoms with van der Waals surface area (Å²) in [5.41, 5.74) is 0.287. The summed E-state index contributed by atoms with van der Waals surface area (Å²) in [4.78, 5) is 31.2. The van der Waals surface area contributed by atoms with Crippen molar-refractivity contribution in [3.05, 3.63) is 23.7 Å². The number of hydrogen-bond donors (Lipinski definition) is 2. The first kappa shape index (κ1) is 21.1. The van der Waals surface area contributed by atoms with E-state index in [-0.39, 0.29) is 28.8 Å². The minimum atomic E-state index is -0.150. The Morgan fingerprint density at radius 3 is 2.87 bits per heavy atom. The van der Waals surface area contributed by atoms with Gasteiger partial charge in [0.1, 0.15) is 0 Å². The summed E-state index contributed by atoms with van der Waals surface area (Å²) in [6.45, 7) is 8.66. The van der Waals surface area contributed by atoms with E-state index in [4.69, 9.17) is 0 Å². The van der Waals surface area contributed by atoms with Crippen molar-refractivity contribution in [3.8, 4) is 0 Å². The number of piperidine rings is 1. The van der Waals surface area contributed by atoms with Crippen molar-refractivity contribution in [2.45, 2.75) is 64.5 Å². The molecule has 2 aliphatic heterocycles. The van der Waals surface area contributed by atoms with Crippen molar-refractivity contribution in [1.29, 1.82) is 0 Å². The van der Waals surface area contributed by atoms with Gasteiger partial charge in [0.05, 0.1) is 6.04 Å². The number of fused-ring (bicyclic) bond motifs is 5. The van der Waals surface area contributed by atoms with Gasteiger partial charge >= 0.3 is 6.03 Å². The zero-order valence-corrected chi connectivity index (χ0v) is 19.6. The minimum absolute atomic E-state index is 0.00105. The summed E-state index contributed by atoms with van der Waals surface area (Å²) in [5, 5.41) is 8.45. The first-order valence-electron chi connectivity index (χ1n) is 11.8. The van der Waals surface area contributed by atoms with Crippen LogP contribution >= 0.6 is 11.3 Å². The number of nitrogens with zero attached hydrogens (tertiary/aromatic N) is 2. The van der Waals surface area contributed by atoms with Crippen LogP contribution in [-0.2, 0) is 4.79 Å². The molecule has 4 aliphatic rings. The van der Waals surface area contributed by atoms with Gasteiger partial charge in [0.25, 0.3) is 0 Å². The van der Waals surface area contributed by atoms with E-state index in [2.05, 4.69) is 47.4 Å². The number of aromatic nitrogens is 1. The van der Waals surface area contributed by atoms with Crippen molar-refractivity contribution in [2.75, 3.05) is 18.4 Å². The fraction of sp³-hybridized carbons (Fsp3) is 0.708. The van der Waals surface area contributed by atoms with Crippen LogP contribution in [0.4, 0.5) is 9.93 Å². The largest absolute Gasteiger partial charge is 0.338 e. The van der Waals surface area contributed by atoms with Crippen LogP contribution < -0.4 is 10.6 Å². The summed E-state index contributed by atoms with van der Waals surface area (Å²) in [6.07, 6.45) is 11.8. The lowest BCUT2D eigenvalue weighted by Crippen LogP contribution is -2.65. The summed E-state index contributed by atoms with van der Waals surface area (Å²) in [6, 6.07) is -0.149. The van der Waals surface area contributed by atoms with Gasteiger partial charge in [-0.15, -0.1) is 11.3 Å². The van der Waals surface area contributed by atoms with E-state index in [9.17, 15) is 9.59 Å². The molecule has 2 N–H and O–H groups in total. The molecule has 2 amide bonds. The van der Waals surface area contributed by atoms with E-state index in [1.54, 1.807) is 6.20 Å². The average Bonchev–Trinajstić information content (AvgIpc) is 3.36. The third-order valence-electron chi connectivity index (χ3n) is 9.33. The van der Waals surface area contributed by atoms with E-state index < -0.39 is 0 Å². The molecule has 7 heteroatoms. The van der Waals surface area contributed by atoms with E-state index in [0.717, 1.165) is 13.1 Å². The number of hydrogen-bond acceptors (Lipinski definition) is 5. The standard InChI is InChI=1S/C24H34N4O2S/c1-15-20(29)7-10-24(3)19-6-9-23(2)16(4-5-18(23)17(19)8-12-28(15)24)14-26-21(30)27-22-25-11-13-31-22/h7,10-11,13,15-19H,4-6,8-9,12,14H2,1-3H3,(H2,25,26,27,30)/t15?,16?,17-,18-,19+,23+,24+/m0/s1. The van der Waals surface area contributed by atoms with Gasteiger partial charge in [-0.05, 0) is 81.1 Å². The van der Waals surface area contributed by atoms with Gasteiger partial charge in [0.15, 0.2) is 10.9 Å². The van der Waals surface area contributed by atoms with Gasteiger partial charge in [-0.1, -0.05) is 13.0 Å². The van der Waals surface area contributed by atoms with Crippen molar-refractivity contribution in [1.82, 2.24) is 15.2 Å². The molecule has 0 spiro atoms. The maximum atomic E-state index is 12.3. The minimum Gasteiger partial charge on any atom is -0.338 e. The third kappa shape index (κ3) is 3.35. The molecule has 6 nitrogen and oxygen atoms in total. The van der Waals surface area contributed by atoms with Crippen LogP contribution in [0, 0.1) is 29.1 Å². The molecule has 5 rings (SSSR count). The SMILES string of the molecule is CC1C(=O)C=C[C@]2(C)[C@@H]3CC[C@]4(C)C(CNC(=O)Nc5nccs5)CC[C@H]4[C@@H]3CCN12. The molecule has 31 heavy (non-hydrogen) atoms. The Morgan fingerprint density at radius 2 is 2.10 bits per heavy atom. The molecule has 1 saturated heterocycles. The van der Waals surface area contributed by atoms with E-state index in [1.165, 1.54) is 43.4 Å².